The molecule has 0 bridgehead atoms. The van der Waals surface area contributed by atoms with Crippen molar-refractivity contribution in [2.75, 3.05) is 13.1 Å². The third-order valence-corrected chi connectivity index (χ3v) is 5.00. The van der Waals surface area contributed by atoms with Crippen LogP contribution in [-0.4, -0.2) is 36.1 Å². The van der Waals surface area contributed by atoms with Gasteiger partial charge in [-0.3, -0.25) is 4.90 Å². The van der Waals surface area contributed by atoms with Crippen LogP contribution in [-0.2, 0) is 0 Å². The number of hydrogen-bond donors (Lipinski definition) is 1. The molecule has 2 nitrogen and oxygen atoms in total. The summed E-state index contributed by atoms with van der Waals surface area (Å²) in [6, 6.07) is 2.66. The van der Waals surface area contributed by atoms with E-state index in [1.807, 2.05) is 0 Å². The summed E-state index contributed by atoms with van der Waals surface area (Å²) >= 11 is 0. The Kier molecular flexibility index (Phi) is 3.72. The molecule has 3 fully saturated rings. The first-order chi connectivity index (χ1) is 8.33. The second-order valence-corrected chi connectivity index (χ2v) is 6.65. The highest BCUT2D eigenvalue weighted by Gasteiger charge is 2.37. The second kappa shape index (κ2) is 5.27. The highest BCUT2D eigenvalue weighted by molar-refractivity contribution is 4.94. The predicted octanol–water partition coefficient (Wildman–Crippen LogP) is 2.78. The maximum atomic E-state index is 3.73. The van der Waals surface area contributed by atoms with Crippen molar-refractivity contribution in [1.29, 1.82) is 0 Å². The molecule has 3 rings (SSSR count). The molecule has 1 heterocycles. The quantitative estimate of drug-likeness (QED) is 0.807. The minimum atomic E-state index is 0.792. The lowest BCUT2D eigenvalue weighted by molar-refractivity contribution is 0.156. The second-order valence-electron chi connectivity index (χ2n) is 6.65. The van der Waals surface area contributed by atoms with Crippen molar-refractivity contribution in [3.63, 3.8) is 0 Å². The van der Waals surface area contributed by atoms with Gasteiger partial charge in [-0.2, -0.15) is 0 Å². The fraction of sp³-hybridized carbons (Fsp3) is 1.00. The van der Waals surface area contributed by atoms with E-state index in [9.17, 15) is 0 Å². The van der Waals surface area contributed by atoms with Crippen molar-refractivity contribution < 1.29 is 0 Å². The Bertz CT molecular complexity index is 243. The molecule has 3 unspecified atom stereocenters. The van der Waals surface area contributed by atoms with Gasteiger partial charge in [-0.15, -0.1) is 0 Å². The Hall–Kier alpha value is -0.0800. The average Bonchev–Trinajstić information content (AvgIpc) is 3.10. The zero-order valence-electron chi connectivity index (χ0n) is 11.3. The highest BCUT2D eigenvalue weighted by atomic mass is 15.2. The maximum Gasteiger partial charge on any atom is 0.0195 e. The van der Waals surface area contributed by atoms with E-state index in [1.54, 1.807) is 0 Å². The van der Waals surface area contributed by atoms with Crippen molar-refractivity contribution in [3.8, 4) is 0 Å². The molecule has 0 aromatic carbocycles. The monoisotopic (exact) mass is 236 g/mol. The van der Waals surface area contributed by atoms with Crippen LogP contribution in [0.25, 0.3) is 0 Å². The molecule has 0 radical (unpaired) electrons. The average molecular weight is 236 g/mol. The number of rotatable bonds is 4. The van der Waals surface area contributed by atoms with Crippen LogP contribution in [0.5, 0.6) is 0 Å². The summed E-state index contributed by atoms with van der Waals surface area (Å²) in [5, 5.41) is 3.73. The van der Waals surface area contributed by atoms with E-state index in [-0.39, 0.29) is 0 Å². The van der Waals surface area contributed by atoms with E-state index in [0.29, 0.717) is 0 Å². The maximum absolute atomic E-state index is 3.73. The van der Waals surface area contributed by atoms with Gasteiger partial charge >= 0.3 is 0 Å². The Morgan fingerprint density at radius 3 is 2.41 bits per heavy atom. The molecule has 1 N–H and O–H groups in total. The third-order valence-electron chi connectivity index (χ3n) is 5.00. The van der Waals surface area contributed by atoms with Crippen molar-refractivity contribution in [2.24, 2.45) is 5.92 Å². The predicted molar refractivity (Wildman–Crippen MR) is 72.2 cm³/mol. The van der Waals surface area contributed by atoms with E-state index in [0.717, 1.165) is 24.0 Å². The lowest BCUT2D eigenvalue weighted by atomic mass is 10.0. The Labute approximate surface area is 106 Å². The van der Waals surface area contributed by atoms with Crippen LogP contribution in [0.1, 0.15) is 58.3 Å². The lowest BCUT2D eigenvalue weighted by Crippen LogP contribution is -2.47. The molecule has 2 saturated carbocycles. The van der Waals surface area contributed by atoms with Crippen molar-refractivity contribution in [2.45, 2.75) is 76.4 Å². The van der Waals surface area contributed by atoms with Crippen LogP contribution in [0.3, 0.4) is 0 Å². The van der Waals surface area contributed by atoms with Crippen LogP contribution in [0, 0.1) is 5.92 Å². The molecule has 1 saturated heterocycles. The fourth-order valence-corrected chi connectivity index (χ4v) is 3.82. The standard InChI is InChI=1S/C15H28N2/c1-12-5-6-15(10-12)17(14-7-8-14)11-13-4-2-3-9-16-13/h12-16H,2-11H2,1H3. The molecule has 0 aromatic rings. The van der Waals surface area contributed by atoms with E-state index in [4.69, 9.17) is 0 Å². The first-order valence-electron chi connectivity index (χ1n) is 7.82. The van der Waals surface area contributed by atoms with E-state index in [2.05, 4.69) is 17.1 Å². The van der Waals surface area contributed by atoms with Crippen LogP contribution in [0.15, 0.2) is 0 Å². The van der Waals surface area contributed by atoms with Gasteiger partial charge in [-0.05, 0) is 57.4 Å². The molecule has 2 heteroatoms. The van der Waals surface area contributed by atoms with Gasteiger partial charge in [0, 0.05) is 24.7 Å². The summed E-state index contributed by atoms with van der Waals surface area (Å²) in [5.41, 5.74) is 0. The van der Waals surface area contributed by atoms with Crippen molar-refractivity contribution >= 4 is 0 Å². The molecular formula is C15H28N2. The first kappa shape index (κ1) is 12.0. The third kappa shape index (κ3) is 3.03. The molecule has 0 amide bonds. The fourth-order valence-electron chi connectivity index (χ4n) is 3.82. The molecule has 98 valence electrons. The number of piperidine rings is 1. The van der Waals surface area contributed by atoms with Gasteiger partial charge < -0.3 is 5.32 Å². The normalized spacial score (nSPS) is 38.8. The summed E-state index contributed by atoms with van der Waals surface area (Å²) in [6.07, 6.45) is 11.6. The summed E-state index contributed by atoms with van der Waals surface area (Å²) in [4.78, 5) is 2.88. The van der Waals surface area contributed by atoms with Crippen LogP contribution < -0.4 is 5.32 Å². The van der Waals surface area contributed by atoms with Crippen molar-refractivity contribution in [1.82, 2.24) is 10.2 Å². The topological polar surface area (TPSA) is 15.3 Å². The van der Waals surface area contributed by atoms with Crippen LogP contribution in [0.4, 0.5) is 0 Å². The summed E-state index contributed by atoms with van der Waals surface area (Å²) < 4.78 is 0. The largest absolute Gasteiger partial charge is 0.313 e. The Balaban J connectivity index is 1.56. The van der Waals surface area contributed by atoms with Crippen LogP contribution >= 0.6 is 0 Å². The summed E-state index contributed by atoms with van der Waals surface area (Å²) in [6.45, 7) is 5.02. The molecule has 0 spiro atoms. The lowest BCUT2D eigenvalue weighted by Gasteiger charge is -2.34. The van der Waals surface area contributed by atoms with Gasteiger partial charge in [-0.25, -0.2) is 0 Å². The Morgan fingerprint density at radius 2 is 1.82 bits per heavy atom. The van der Waals surface area contributed by atoms with Gasteiger partial charge in [0.1, 0.15) is 0 Å². The highest BCUT2D eigenvalue weighted by Crippen LogP contribution is 2.36. The number of nitrogens with one attached hydrogen (secondary N) is 1. The van der Waals surface area contributed by atoms with Crippen molar-refractivity contribution in [3.05, 3.63) is 0 Å². The molecular weight excluding hydrogens is 208 g/mol. The molecule has 2 aliphatic carbocycles. The van der Waals surface area contributed by atoms with Gasteiger partial charge in [0.15, 0.2) is 0 Å². The SMILES string of the molecule is CC1CCC(N(CC2CCCCN2)C2CC2)C1. The molecule has 0 aromatic heterocycles. The van der Waals surface area contributed by atoms with E-state index in [1.165, 1.54) is 64.5 Å². The number of hydrogen-bond acceptors (Lipinski definition) is 2. The molecule has 1 aliphatic heterocycles. The van der Waals surface area contributed by atoms with Gasteiger partial charge in [-0.1, -0.05) is 13.3 Å². The zero-order valence-corrected chi connectivity index (χ0v) is 11.3. The molecule has 3 aliphatic rings. The first-order valence-corrected chi connectivity index (χ1v) is 7.82. The smallest absolute Gasteiger partial charge is 0.0195 e. The van der Waals surface area contributed by atoms with Gasteiger partial charge in [0.2, 0.25) is 0 Å². The van der Waals surface area contributed by atoms with Crippen LogP contribution in [0.2, 0.25) is 0 Å². The minimum Gasteiger partial charge on any atom is -0.313 e. The van der Waals surface area contributed by atoms with E-state index >= 15 is 0 Å². The Morgan fingerprint density at radius 1 is 1.00 bits per heavy atom. The number of nitrogens with zero attached hydrogens (tertiary/aromatic N) is 1. The van der Waals surface area contributed by atoms with Gasteiger partial charge in [0.25, 0.3) is 0 Å². The van der Waals surface area contributed by atoms with E-state index < -0.39 is 0 Å². The molecule has 3 atom stereocenters. The zero-order chi connectivity index (χ0) is 11.7. The minimum absolute atomic E-state index is 0.792. The van der Waals surface area contributed by atoms with Gasteiger partial charge in [0.05, 0.1) is 0 Å². The summed E-state index contributed by atoms with van der Waals surface area (Å²) in [5.74, 6) is 0.973. The molecule has 17 heavy (non-hydrogen) atoms. The summed E-state index contributed by atoms with van der Waals surface area (Å²) in [7, 11) is 0.